The van der Waals surface area contributed by atoms with E-state index in [-0.39, 0.29) is 9.93 Å². The summed E-state index contributed by atoms with van der Waals surface area (Å²) in [7, 11) is -2.52. The van der Waals surface area contributed by atoms with Crippen LogP contribution in [0.2, 0.25) is 0 Å². The lowest BCUT2D eigenvalue weighted by Gasteiger charge is -2.04. The lowest BCUT2D eigenvalue weighted by Crippen LogP contribution is -2.28. The molecule has 13 heteroatoms. The number of thiazole rings is 2. The summed E-state index contributed by atoms with van der Waals surface area (Å²) in [5.74, 6) is -3.94. The molecule has 0 fully saturated rings. The number of hydrogen-bond acceptors (Lipinski definition) is 8. The van der Waals surface area contributed by atoms with Crippen LogP contribution in [0.1, 0.15) is 0 Å². The summed E-state index contributed by atoms with van der Waals surface area (Å²) in [6.07, 6.45) is 1.47. The van der Waals surface area contributed by atoms with E-state index >= 15 is 0 Å². The van der Waals surface area contributed by atoms with E-state index < -0.39 is 39.0 Å². The van der Waals surface area contributed by atoms with Gasteiger partial charge in [-0.3, -0.25) is 9.59 Å². The molecule has 2 aromatic heterocycles. The molecule has 0 radical (unpaired) electrons. The summed E-state index contributed by atoms with van der Waals surface area (Å²) in [6, 6.07) is 4.15. The van der Waals surface area contributed by atoms with E-state index in [2.05, 4.69) is 15.3 Å². The van der Waals surface area contributed by atoms with Crippen molar-refractivity contribution in [1.29, 1.82) is 0 Å². The summed E-state index contributed by atoms with van der Waals surface area (Å²) in [4.78, 5) is 32.1. The number of benzene rings is 1. The molecule has 0 aliphatic heterocycles. The Hall–Kier alpha value is -2.48. The van der Waals surface area contributed by atoms with Gasteiger partial charge in [0.15, 0.2) is 19.8 Å². The van der Waals surface area contributed by atoms with Crippen LogP contribution < -0.4 is 10.1 Å². The van der Waals surface area contributed by atoms with Crippen molar-refractivity contribution in [2.75, 3.05) is 30.5 Å². The number of halogens is 1. The number of methoxy groups -OCH3 is 1. The normalized spacial score (nSPS) is 12.4. The lowest BCUT2D eigenvalue weighted by molar-refractivity contribution is -0.115. The van der Waals surface area contributed by atoms with Gasteiger partial charge in [-0.15, -0.1) is 11.3 Å². The van der Waals surface area contributed by atoms with Crippen LogP contribution >= 0.6 is 22.7 Å². The summed E-state index contributed by atoms with van der Waals surface area (Å²) < 4.78 is 45.2. The van der Waals surface area contributed by atoms with Crippen molar-refractivity contribution in [2.45, 2.75) is 6.54 Å². The van der Waals surface area contributed by atoms with E-state index in [9.17, 15) is 22.4 Å². The van der Waals surface area contributed by atoms with Crippen LogP contribution in [0.5, 0.6) is 0 Å². The van der Waals surface area contributed by atoms with Gasteiger partial charge in [0.2, 0.25) is 5.91 Å². The van der Waals surface area contributed by atoms with Crippen LogP contribution in [0.15, 0.2) is 34.8 Å². The Morgan fingerprint density at radius 1 is 1.33 bits per heavy atom. The van der Waals surface area contributed by atoms with Gasteiger partial charge in [-0.05, 0) is 18.2 Å². The van der Waals surface area contributed by atoms with Crippen molar-refractivity contribution < 1.29 is 27.1 Å². The highest BCUT2D eigenvalue weighted by molar-refractivity contribution is 7.92. The van der Waals surface area contributed by atoms with E-state index in [1.165, 1.54) is 25.4 Å². The van der Waals surface area contributed by atoms with Crippen molar-refractivity contribution in [3.05, 3.63) is 40.4 Å². The third-order valence-electron chi connectivity index (χ3n) is 3.76. The summed E-state index contributed by atoms with van der Waals surface area (Å²) in [5.41, 5.74) is 0.649. The van der Waals surface area contributed by atoms with E-state index in [1.54, 1.807) is 16.0 Å². The largest absolute Gasteiger partial charge is 0.383 e. The molecule has 0 aliphatic rings. The smallest absolute Gasteiger partial charge is 0.263 e. The first-order valence-electron chi connectivity index (χ1n) is 8.52. The zero-order chi connectivity index (χ0) is 21.7. The van der Waals surface area contributed by atoms with E-state index in [1.807, 2.05) is 0 Å². The molecular formula is C17H17FN4O5S3. The van der Waals surface area contributed by atoms with Gasteiger partial charge in [0.25, 0.3) is 5.91 Å². The van der Waals surface area contributed by atoms with Crippen LogP contribution in [0.3, 0.4) is 0 Å². The number of nitrogens with one attached hydrogen (secondary N) is 1. The third-order valence-corrected chi connectivity index (χ3v) is 6.88. The second kappa shape index (κ2) is 9.55. The highest BCUT2D eigenvalue weighted by Crippen LogP contribution is 2.18. The number of aromatic nitrogens is 2. The van der Waals surface area contributed by atoms with Gasteiger partial charge in [0, 0.05) is 25.2 Å². The number of ether oxygens (including phenoxy) is 1. The monoisotopic (exact) mass is 472 g/mol. The molecule has 0 atom stereocenters. The Kier molecular flexibility index (Phi) is 7.07. The molecular weight excluding hydrogens is 455 g/mol. The number of sulfone groups is 1. The Balaban J connectivity index is 1.79. The van der Waals surface area contributed by atoms with Gasteiger partial charge >= 0.3 is 0 Å². The van der Waals surface area contributed by atoms with Crippen LogP contribution in [0.25, 0.3) is 10.2 Å². The molecule has 2 amide bonds. The number of carbonyl (C=O) groups excluding carboxylic acids is 2. The first-order valence-corrected chi connectivity index (χ1v) is 12.0. The van der Waals surface area contributed by atoms with Crippen molar-refractivity contribution in [3.63, 3.8) is 0 Å². The zero-order valence-corrected chi connectivity index (χ0v) is 18.2. The number of rotatable bonds is 8. The molecule has 160 valence electrons. The minimum Gasteiger partial charge on any atom is -0.383 e. The Morgan fingerprint density at radius 2 is 2.13 bits per heavy atom. The molecule has 0 aliphatic carbocycles. The molecule has 3 rings (SSSR count). The van der Waals surface area contributed by atoms with Crippen LogP contribution in [-0.2, 0) is 30.7 Å². The van der Waals surface area contributed by atoms with Gasteiger partial charge in [-0.1, -0.05) is 11.3 Å². The molecule has 1 aromatic carbocycles. The van der Waals surface area contributed by atoms with Crippen molar-refractivity contribution in [3.8, 4) is 0 Å². The average Bonchev–Trinajstić information content (AvgIpc) is 3.25. The number of fused-ring (bicyclic) bond motifs is 1. The molecule has 9 nitrogen and oxygen atoms in total. The fourth-order valence-corrected chi connectivity index (χ4v) is 5.21. The van der Waals surface area contributed by atoms with Crippen molar-refractivity contribution in [1.82, 2.24) is 9.55 Å². The zero-order valence-electron chi connectivity index (χ0n) is 15.7. The molecule has 1 N–H and O–H groups in total. The highest BCUT2D eigenvalue weighted by Gasteiger charge is 2.21. The first-order chi connectivity index (χ1) is 14.3. The van der Waals surface area contributed by atoms with E-state index in [0.29, 0.717) is 23.4 Å². The Morgan fingerprint density at radius 3 is 2.83 bits per heavy atom. The maximum Gasteiger partial charge on any atom is 0.263 e. The van der Waals surface area contributed by atoms with Crippen molar-refractivity contribution >= 4 is 59.7 Å². The second-order valence-corrected chi connectivity index (χ2v) is 10.0. The van der Waals surface area contributed by atoms with Crippen LogP contribution in [0.4, 0.5) is 9.52 Å². The number of hydrogen-bond donors (Lipinski definition) is 1. The van der Waals surface area contributed by atoms with Gasteiger partial charge in [0.05, 0.1) is 16.8 Å². The number of amides is 2. The summed E-state index contributed by atoms with van der Waals surface area (Å²) in [6.45, 7) is 0.664. The number of carbonyl (C=O) groups is 2. The third kappa shape index (κ3) is 5.78. The maximum atomic E-state index is 13.5. The van der Waals surface area contributed by atoms with Gasteiger partial charge in [0.1, 0.15) is 17.3 Å². The van der Waals surface area contributed by atoms with Crippen LogP contribution in [-0.4, -0.2) is 55.0 Å². The molecule has 0 saturated heterocycles. The minimum absolute atomic E-state index is 0.222. The maximum absolute atomic E-state index is 13.5. The molecule has 0 unspecified atom stereocenters. The summed E-state index contributed by atoms with van der Waals surface area (Å²) >= 11 is 2.20. The Bertz CT molecular complexity index is 1230. The molecule has 0 saturated carbocycles. The lowest BCUT2D eigenvalue weighted by atomic mass is 10.3. The van der Waals surface area contributed by atoms with Crippen LogP contribution in [0, 0.1) is 5.82 Å². The number of anilines is 1. The molecule has 0 bridgehead atoms. The molecule has 30 heavy (non-hydrogen) atoms. The Labute approximate surface area is 178 Å². The summed E-state index contributed by atoms with van der Waals surface area (Å²) in [5, 5.41) is 4.25. The highest BCUT2D eigenvalue weighted by atomic mass is 32.2. The van der Waals surface area contributed by atoms with E-state index in [0.717, 1.165) is 22.7 Å². The topological polar surface area (TPSA) is 120 Å². The average molecular weight is 473 g/mol. The SMILES string of the molecule is COCCn1c(=NC(=O)CS(=O)(=O)CC(=O)Nc2nccs2)sc2cc(F)ccc21. The van der Waals surface area contributed by atoms with Crippen molar-refractivity contribution in [2.24, 2.45) is 4.99 Å². The molecule has 3 aromatic rings. The van der Waals surface area contributed by atoms with Gasteiger partial charge in [-0.25, -0.2) is 17.8 Å². The van der Waals surface area contributed by atoms with Gasteiger partial charge in [-0.2, -0.15) is 4.99 Å². The first kappa shape index (κ1) is 22.2. The van der Waals surface area contributed by atoms with Gasteiger partial charge < -0.3 is 14.6 Å². The standard InChI is InChI=1S/C17H17FN4O5S3/c1-27-6-5-22-12-3-2-11(18)8-13(12)29-17(22)21-15(24)10-30(25,26)9-14(23)20-16-19-4-7-28-16/h2-4,7-8H,5-6,9-10H2,1H3,(H,19,20,23). The number of nitrogens with zero attached hydrogens (tertiary/aromatic N) is 3. The van der Waals surface area contributed by atoms with E-state index in [4.69, 9.17) is 4.74 Å². The quantitative estimate of drug-likeness (QED) is 0.530. The molecule has 0 spiro atoms. The molecule has 2 heterocycles. The fourth-order valence-electron chi connectivity index (χ4n) is 2.55. The second-order valence-electron chi connectivity index (χ2n) is 6.06. The minimum atomic E-state index is -4.04. The predicted molar refractivity (Wildman–Crippen MR) is 112 cm³/mol. The predicted octanol–water partition coefficient (Wildman–Crippen LogP) is 1.43. The fraction of sp³-hybridized carbons (Fsp3) is 0.294.